The molecule has 1 aliphatic carbocycles. The number of ether oxygens (including phenoxy) is 2. The fourth-order valence-corrected chi connectivity index (χ4v) is 6.30. The molecule has 0 unspecified atom stereocenters. The zero-order valence-electron chi connectivity index (χ0n) is 23.4. The summed E-state index contributed by atoms with van der Waals surface area (Å²) in [4.78, 5) is 19.3. The van der Waals surface area contributed by atoms with Crippen molar-refractivity contribution in [3.8, 4) is 5.75 Å². The zero-order valence-corrected chi connectivity index (χ0v) is 23.4. The molecule has 0 bridgehead atoms. The minimum atomic E-state index is -0.454. The molecule has 0 amide bonds. The summed E-state index contributed by atoms with van der Waals surface area (Å²) in [5.74, 6) is 1.52. The smallest absolute Gasteiger partial charge is 0.253 e. The molecule has 210 valence electrons. The number of nitrogens with zero attached hydrogens (tertiary/aromatic N) is 5. The van der Waals surface area contributed by atoms with E-state index in [2.05, 4.69) is 56.6 Å². The standard InChI is InChI=1S/C31H38N6O3/c1-3-21-13-14-28-23(16-21)18-27(31(38)32-28)29(30-33-34-35-37(30)24-9-4-5-10-24)36(20-26-12-7-15-40-26)19-22-8-6-11-25(17-22)39-2/h6,8,11,13-14,16-18,24,26,29H,3-5,7,9-10,12,15,19-20H2,1-2H3,(H,32,38)/t26-,29-/m0/s1. The second-order valence-electron chi connectivity index (χ2n) is 11.1. The van der Waals surface area contributed by atoms with Crippen LogP contribution in [0.4, 0.5) is 0 Å². The number of H-pyrrole nitrogens is 1. The maximum Gasteiger partial charge on any atom is 0.253 e. The largest absolute Gasteiger partial charge is 0.497 e. The van der Waals surface area contributed by atoms with Crippen LogP contribution in [-0.2, 0) is 17.7 Å². The fourth-order valence-electron chi connectivity index (χ4n) is 6.30. The Hall–Kier alpha value is -3.56. The van der Waals surface area contributed by atoms with Gasteiger partial charge in [0.1, 0.15) is 11.8 Å². The average Bonchev–Trinajstić information content (AvgIpc) is 3.77. The van der Waals surface area contributed by atoms with Gasteiger partial charge >= 0.3 is 0 Å². The van der Waals surface area contributed by atoms with E-state index < -0.39 is 6.04 Å². The van der Waals surface area contributed by atoms with E-state index in [9.17, 15) is 4.79 Å². The molecular formula is C31H38N6O3. The summed E-state index contributed by atoms with van der Waals surface area (Å²) in [6.07, 6.45) is 7.44. The lowest BCUT2D eigenvalue weighted by Gasteiger charge is -2.33. The number of aryl methyl sites for hydroxylation is 1. The van der Waals surface area contributed by atoms with E-state index in [0.717, 1.165) is 73.8 Å². The zero-order chi connectivity index (χ0) is 27.5. The van der Waals surface area contributed by atoms with Crippen molar-refractivity contribution in [2.24, 2.45) is 0 Å². The van der Waals surface area contributed by atoms with Gasteiger partial charge in [-0.1, -0.05) is 38.0 Å². The Morgan fingerprint density at radius 3 is 2.75 bits per heavy atom. The molecule has 3 heterocycles. The molecule has 1 aliphatic heterocycles. The molecule has 1 saturated heterocycles. The minimum absolute atomic E-state index is 0.0788. The van der Waals surface area contributed by atoms with Crippen LogP contribution in [0.1, 0.15) is 80.0 Å². The Kier molecular flexibility index (Phi) is 7.93. The normalized spacial score (nSPS) is 18.6. The van der Waals surface area contributed by atoms with Crippen molar-refractivity contribution in [1.29, 1.82) is 0 Å². The topological polar surface area (TPSA) is 98.2 Å². The van der Waals surface area contributed by atoms with Crippen LogP contribution in [0.15, 0.2) is 53.3 Å². The first-order valence-corrected chi connectivity index (χ1v) is 14.5. The number of aromatic nitrogens is 5. The first-order valence-electron chi connectivity index (χ1n) is 14.5. The first-order chi connectivity index (χ1) is 19.6. The van der Waals surface area contributed by atoms with Crippen LogP contribution in [0.5, 0.6) is 5.75 Å². The molecule has 6 rings (SSSR count). The Labute approximate surface area is 234 Å². The molecule has 0 radical (unpaired) electrons. The summed E-state index contributed by atoms with van der Waals surface area (Å²) >= 11 is 0. The van der Waals surface area contributed by atoms with Gasteiger partial charge in [0.25, 0.3) is 5.56 Å². The van der Waals surface area contributed by atoms with Crippen molar-refractivity contribution >= 4 is 10.9 Å². The molecule has 2 aliphatic rings. The van der Waals surface area contributed by atoms with E-state index in [1.807, 2.05) is 28.9 Å². The number of hydrogen-bond acceptors (Lipinski definition) is 7. The van der Waals surface area contributed by atoms with Crippen LogP contribution in [0.3, 0.4) is 0 Å². The molecule has 40 heavy (non-hydrogen) atoms. The average molecular weight is 543 g/mol. The molecule has 0 spiro atoms. The van der Waals surface area contributed by atoms with Gasteiger partial charge in [-0.05, 0) is 89.4 Å². The summed E-state index contributed by atoms with van der Waals surface area (Å²) in [6, 6.07) is 16.2. The molecule has 2 aromatic heterocycles. The second kappa shape index (κ2) is 11.9. The Balaban J connectivity index is 1.51. The number of rotatable bonds is 10. The van der Waals surface area contributed by atoms with Crippen molar-refractivity contribution in [2.45, 2.75) is 76.6 Å². The highest BCUT2D eigenvalue weighted by Crippen LogP contribution is 2.35. The maximum atomic E-state index is 13.8. The van der Waals surface area contributed by atoms with Gasteiger partial charge in [-0.2, -0.15) is 0 Å². The number of hydrogen-bond donors (Lipinski definition) is 1. The molecule has 1 N–H and O–H groups in total. The number of aromatic amines is 1. The van der Waals surface area contributed by atoms with Crippen LogP contribution >= 0.6 is 0 Å². The van der Waals surface area contributed by atoms with E-state index in [4.69, 9.17) is 9.47 Å². The molecular weight excluding hydrogens is 504 g/mol. The van der Waals surface area contributed by atoms with Gasteiger partial charge in [-0.3, -0.25) is 9.69 Å². The van der Waals surface area contributed by atoms with Crippen LogP contribution in [0.25, 0.3) is 10.9 Å². The third-order valence-corrected chi connectivity index (χ3v) is 8.42. The maximum absolute atomic E-state index is 13.8. The molecule has 2 fully saturated rings. The van der Waals surface area contributed by atoms with Gasteiger partial charge in [0, 0.05) is 30.8 Å². The van der Waals surface area contributed by atoms with Crippen molar-refractivity contribution in [2.75, 3.05) is 20.3 Å². The summed E-state index contributed by atoms with van der Waals surface area (Å²) in [5.41, 5.74) is 3.68. The third-order valence-electron chi connectivity index (χ3n) is 8.42. The fraction of sp³-hybridized carbons (Fsp3) is 0.484. The summed E-state index contributed by atoms with van der Waals surface area (Å²) < 4.78 is 13.6. The van der Waals surface area contributed by atoms with E-state index >= 15 is 0 Å². The predicted molar refractivity (Wildman–Crippen MR) is 153 cm³/mol. The van der Waals surface area contributed by atoms with Crippen molar-refractivity contribution < 1.29 is 9.47 Å². The molecule has 4 aromatic rings. The van der Waals surface area contributed by atoms with Gasteiger partial charge < -0.3 is 14.5 Å². The quantitative estimate of drug-likeness (QED) is 0.302. The Morgan fingerprint density at radius 1 is 1.10 bits per heavy atom. The lowest BCUT2D eigenvalue weighted by Crippen LogP contribution is -2.39. The summed E-state index contributed by atoms with van der Waals surface area (Å²) in [7, 11) is 1.68. The van der Waals surface area contributed by atoms with Gasteiger partial charge in [-0.25, -0.2) is 4.68 Å². The second-order valence-corrected chi connectivity index (χ2v) is 11.1. The lowest BCUT2D eigenvalue weighted by molar-refractivity contribution is 0.0569. The highest BCUT2D eigenvalue weighted by molar-refractivity contribution is 5.80. The molecule has 9 heteroatoms. The van der Waals surface area contributed by atoms with Crippen LogP contribution in [-0.4, -0.2) is 56.5 Å². The van der Waals surface area contributed by atoms with Gasteiger partial charge in [0.15, 0.2) is 5.82 Å². The number of fused-ring (bicyclic) bond motifs is 1. The Bertz CT molecular complexity index is 1500. The minimum Gasteiger partial charge on any atom is -0.497 e. The molecule has 1 saturated carbocycles. The summed E-state index contributed by atoms with van der Waals surface area (Å²) in [6.45, 7) is 4.15. The summed E-state index contributed by atoms with van der Waals surface area (Å²) in [5, 5.41) is 14.2. The number of tetrazole rings is 1. The number of methoxy groups -OCH3 is 1. The first kappa shape index (κ1) is 26.7. The highest BCUT2D eigenvalue weighted by Gasteiger charge is 2.35. The number of nitrogens with one attached hydrogen (secondary N) is 1. The van der Waals surface area contributed by atoms with Crippen molar-refractivity contribution in [3.63, 3.8) is 0 Å². The third kappa shape index (κ3) is 5.53. The van der Waals surface area contributed by atoms with Crippen LogP contribution in [0, 0.1) is 0 Å². The number of benzene rings is 2. The molecule has 9 nitrogen and oxygen atoms in total. The number of pyridine rings is 1. The Morgan fingerprint density at radius 2 is 1.98 bits per heavy atom. The molecule has 2 atom stereocenters. The van der Waals surface area contributed by atoms with E-state index in [1.165, 1.54) is 5.56 Å². The van der Waals surface area contributed by atoms with Crippen molar-refractivity contribution in [3.05, 3.63) is 81.4 Å². The SMILES string of the molecule is CCc1ccc2[nH]c(=O)c([C@@H](c3nnnn3C3CCCC3)N(Cc3cccc(OC)c3)C[C@@H]3CCCO3)cc2c1. The van der Waals surface area contributed by atoms with Crippen LogP contribution < -0.4 is 10.3 Å². The van der Waals surface area contributed by atoms with E-state index in [1.54, 1.807) is 7.11 Å². The predicted octanol–water partition coefficient (Wildman–Crippen LogP) is 4.97. The van der Waals surface area contributed by atoms with Gasteiger partial charge in [-0.15, -0.1) is 5.10 Å². The van der Waals surface area contributed by atoms with E-state index in [0.29, 0.717) is 24.5 Å². The highest BCUT2D eigenvalue weighted by atomic mass is 16.5. The van der Waals surface area contributed by atoms with Gasteiger partial charge in [0.2, 0.25) is 0 Å². The van der Waals surface area contributed by atoms with Gasteiger partial charge in [0.05, 0.1) is 19.3 Å². The lowest BCUT2D eigenvalue weighted by atomic mass is 10.00. The molecule has 2 aromatic carbocycles. The monoisotopic (exact) mass is 542 g/mol. The van der Waals surface area contributed by atoms with Crippen molar-refractivity contribution in [1.82, 2.24) is 30.1 Å². The van der Waals surface area contributed by atoms with E-state index in [-0.39, 0.29) is 17.7 Å². The van der Waals surface area contributed by atoms with Crippen LogP contribution in [0.2, 0.25) is 0 Å².